The van der Waals surface area contributed by atoms with Crippen LogP contribution in [0.3, 0.4) is 0 Å². The lowest BCUT2D eigenvalue weighted by Gasteiger charge is -2.35. The lowest BCUT2D eigenvalue weighted by atomic mass is 9.88. The van der Waals surface area contributed by atoms with Gasteiger partial charge in [-0.05, 0) is 118 Å². The number of amides is 2. The molecule has 0 saturated carbocycles. The Labute approximate surface area is 295 Å². The van der Waals surface area contributed by atoms with E-state index in [9.17, 15) is 14.4 Å². The second kappa shape index (κ2) is 14.9. The van der Waals surface area contributed by atoms with E-state index in [1.54, 1.807) is 26.6 Å². The van der Waals surface area contributed by atoms with Crippen molar-refractivity contribution in [2.24, 2.45) is 13.0 Å². The molecule has 1 unspecified atom stereocenters. The molecular weight excluding hydrogens is 656 g/mol. The maximum absolute atomic E-state index is 15.7. The molecule has 3 aliphatic rings. The van der Waals surface area contributed by atoms with Gasteiger partial charge in [-0.3, -0.25) is 29.7 Å². The number of nitrogens with zero attached hydrogens (tertiary/aromatic N) is 4. The zero-order valence-electron chi connectivity index (χ0n) is 29.1. The van der Waals surface area contributed by atoms with Crippen molar-refractivity contribution in [1.29, 1.82) is 0 Å². The molecule has 3 aliphatic heterocycles. The second-order valence-corrected chi connectivity index (χ2v) is 14.3. The number of nitrogens with one attached hydrogen (secondary N) is 3. The van der Waals surface area contributed by atoms with E-state index in [0.717, 1.165) is 70.4 Å². The predicted octanol–water partition coefficient (Wildman–Crippen LogP) is 4.91. The number of H-pyrrole nitrogens is 1. The number of methoxy groups -OCH3 is 1. The number of likely N-dealkylation sites (tertiary alicyclic amines) is 2. The van der Waals surface area contributed by atoms with Crippen LogP contribution in [0.5, 0.6) is 5.75 Å². The molecule has 0 bridgehead atoms. The van der Waals surface area contributed by atoms with E-state index in [2.05, 4.69) is 30.6 Å². The summed E-state index contributed by atoms with van der Waals surface area (Å²) in [4.78, 5) is 40.7. The van der Waals surface area contributed by atoms with Crippen LogP contribution in [0.2, 0.25) is 0 Å². The van der Waals surface area contributed by atoms with Crippen molar-refractivity contribution >= 4 is 28.4 Å². The minimum Gasteiger partial charge on any atom is -0.496 e. The largest absolute Gasteiger partial charge is 0.496 e. The number of carbonyl (C=O) groups is 2. The highest BCUT2D eigenvalue weighted by Gasteiger charge is 2.28. The number of imide groups is 1. The summed E-state index contributed by atoms with van der Waals surface area (Å²) in [7, 11) is 3.22. The van der Waals surface area contributed by atoms with E-state index < -0.39 is 6.04 Å². The van der Waals surface area contributed by atoms with Crippen LogP contribution in [0.1, 0.15) is 62.0 Å². The van der Waals surface area contributed by atoms with Crippen LogP contribution in [0.25, 0.3) is 22.0 Å². The number of hydrogen-bond donors (Lipinski definition) is 3. The van der Waals surface area contributed by atoms with Gasteiger partial charge in [0.05, 0.1) is 13.3 Å². The van der Waals surface area contributed by atoms with Gasteiger partial charge in [-0.15, -0.1) is 0 Å². The summed E-state index contributed by atoms with van der Waals surface area (Å²) in [5, 5.41) is 12.8. The van der Waals surface area contributed by atoms with Crippen LogP contribution >= 0.6 is 0 Å². The number of aryl methyl sites for hydroxylation is 1. The van der Waals surface area contributed by atoms with Gasteiger partial charge in [0.1, 0.15) is 28.9 Å². The molecule has 2 aromatic heterocycles. The first kappa shape index (κ1) is 34.8. The van der Waals surface area contributed by atoms with Crippen molar-refractivity contribution in [1.82, 2.24) is 29.9 Å². The topological polar surface area (TPSA) is 125 Å². The smallest absolute Gasteiger partial charge is 0.276 e. The highest BCUT2D eigenvalue weighted by molar-refractivity contribution is 6.01. The first-order valence-electron chi connectivity index (χ1n) is 17.9. The van der Waals surface area contributed by atoms with Crippen molar-refractivity contribution in [3.63, 3.8) is 0 Å². The first-order valence-corrected chi connectivity index (χ1v) is 17.9. The molecule has 11 nitrogen and oxygen atoms in total. The van der Waals surface area contributed by atoms with Crippen LogP contribution in [0.4, 0.5) is 14.5 Å². The van der Waals surface area contributed by atoms with Gasteiger partial charge in [0, 0.05) is 48.4 Å². The van der Waals surface area contributed by atoms with E-state index in [1.165, 1.54) is 16.7 Å². The second-order valence-electron chi connectivity index (χ2n) is 14.3. The molecule has 0 spiro atoms. The molecule has 5 heterocycles. The maximum atomic E-state index is 15.7. The first-order chi connectivity index (χ1) is 24.7. The highest BCUT2D eigenvalue weighted by atomic mass is 19.1. The summed E-state index contributed by atoms with van der Waals surface area (Å²) >= 11 is 0. The minimum absolute atomic E-state index is 0.161. The standard InChI is InChI=1S/C38H45F2N7O4/c1-45-21-29(28-20-41-44-36(28)38(45)50)25-17-31(39)30(34(18-25)51-2)22-47-13-8-23(9-14-47)7-12-46-15-10-24(11-16-46)27-4-3-26(19-32(27)40)42-33-5-6-35(48)43-37(33)49/h3-4,17-21,23-24,33,42H,5-16,22H2,1-2H3,(H,41,44)(H,43,48,49). The summed E-state index contributed by atoms with van der Waals surface area (Å²) < 4.78 is 38.0. The van der Waals surface area contributed by atoms with E-state index in [0.29, 0.717) is 57.9 Å². The lowest BCUT2D eigenvalue weighted by Crippen LogP contribution is -2.47. The fourth-order valence-corrected chi connectivity index (χ4v) is 7.95. The Balaban J connectivity index is 0.876. The Morgan fingerprint density at radius 3 is 2.45 bits per heavy atom. The molecule has 3 saturated heterocycles. The maximum Gasteiger partial charge on any atom is 0.276 e. The van der Waals surface area contributed by atoms with Crippen molar-refractivity contribution < 1.29 is 23.1 Å². The summed E-state index contributed by atoms with van der Waals surface area (Å²) in [6.45, 7) is 5.13. The van der Waals surface area contributed by atoms with E-state index in [1.807, 2.05) is 18.2 Å². The summed E-state index contributed by atoms with van der Waals surface area (Å²) in [5.74, 6) is 0.0181. The van der Waals surface area contributed by atoms with Crippen molar-refractivity contribution in [2.45, 2.75) is 63.5 Å². The van der Waals surface area contributed by atoms with Crippen LogP contribution in [0, 0.1) is 17.6 Å². The summed E-state index contributed by atoms with van der Waals surface area (Å²) in [6, 6.07) is 7.94. The molecule has 0 radical (unpaired) electrons. The normalized spacial score (nSPS) is 19.8. The number of carbonyl (C=O) groups excluding carboxylic acids is 2. The SMILES string of the molecule is COc1cc(-c2cn(C)c(=O)c3[nH]ncc23)cc(F)c1CN1CCC(CCN2CCC(c3ccc(NC4CCC(=O)NC4=O)cc3F)CC2)CC1. The third-order valence-corrected chi connectivity index (χ3v) is 11.0. The lowest BCUT2D eigenvalue weighted by molar-refractivity contribution is -0.133. The number of aromatic amines is 1. The summed E-state index contributed by atoms with van der Waals surface area (Å²) in [6.07, 6.45) is 8.98. The quantitative estimate of drug-likeness (QED) is 0.199. The van der Waals surface area contributed by atoms with Crippen LogP contribution in [-0.2, 0) is 23.2 Å². The molecule has 51 heavy (non-hydrogen) atoms. The molecule has 2 aromatic carbocycles. The van der Waals surface area contributed by atoms with Crippen LogP contribution in [-0.4, -0.2) is 82.3 Å². The number of rotatable bonds is 10. The fourth-order valence-electron chi connectivity index (χ4n) is 7.95. The minimum atomic E-state index is -0.539. The highest BCUT2D eigenvalue weighted by Crippen LogP contribution is 2.35. The molecule has 7 rings (SSSR count). The van der Waals surface area contributed by atoms with Gasteiger partial charge in [-0.25, -0.2) is 8.78 Å². The third-order valence-electron chi connectivity index (χ3n) is 11.0. The number of ether oxygens (including phenoxy) is 1. The number of piperidine rings is 3. The van der Waals surface area contributed by atoms with Crippen LogP contribution < -0.4 is 20.9 Å². The zero-order chi connectivity index (χ0) is 35.6. The Morgan fingerprint density at radius 1 is 0.961 bits per heavy atom. The Kier molecular flexibility index (Phi) is 10.2. The average molecular weight is 702 g/mol. The van der Waals surface area contributed by atoms with Crippen molar-refractivity contribution in [3.8, 4) is 16.9 Å². The molecular formula is C38H45F2N7O4. The number of pyridine rings is 1. The van der Waals surface area contributed by atoms with Crippen LogP contribution in [0.15, 0.2) is 47.5 Å². The zero-order valence-corrected chi connectivity index (χ0v) is 29.1. The molecule has 4 aromatic rings. The van der Waals surface area contributed by atoms with Gasteiger partial charge in [0.25, 0.3) is 5.56 Å². The van der Waals surface area contributed by atoms with Gasteiger partial charge in [-0.1, -0.05) is 6.07 Å². The van der Waals surface area contributed by atoms with E-state index in [-0.39, 0.29) is 41.3 Å². The number of benzene rings is 2. The fraction of sp³-hybridized carbons (Fsp3) is 0.474. The number of anilines is 1. The van der Waals surface area contributed by atoms with Gasteiger partial charge in [0.15, 0.2) is 0 Å². The van der Waals surface area contributed by atoms with Crippen molar-refractivity contribution in [2.75, 3.05) is 45.2 Å². The monoisotopic (exact) mass is 701 g/mol. The van der Waals surface area contributed by atoms with E-state index in [4.69, 9.17) is 4.74 Å². The van der Waals surface area contributed by atoms with E-state index >= 15 is 8.78 Å². The number of hydrogen-bond acceptors (Lipinski definition) is 8. The average Bonchev–Trinajstić information content (AvgIpc) is 3.62. The number of aromatic nitrogens is 3. The third kappa shape index (κ3) is 7.55. The predicted molar refractivity (Wildman–Crippen MR) is 191 cm³/mol. The number of halogens is 2. The molecule has 270 valence electrons. The Bertz CT molecular complexity index is 1980. The van der Waals surface area contributed by atoms with Gasteiger partial charge < -0.3 is 19.5 Å². The molecule has 3 fully saturated rings. The molecule has 3 N–H and O–H groups in total. The Hall–Kier alpha value is -4.62. The van der Waals surface area contributed by atoms with Gasteiger partial charge >= 0.3 is 0 Å². The Morgan fingerprint density at radius 2 is 1.73 bits per heavy atom. The van der Waals surface area contributed by atoms with Gasteiger partial charge in [0.2, 0.25) is 11.8 Å². The molecule has 1 atom stereocenters. The molecule has 2 amide bonds. The molecule has 13 heteroatoms. The number of fused-ring (bicyclic) bond motifs is 1. The molecule has 0 aliphatic carbocycles. The van der Waals surface area contributed by atoms with Crippen molar-refractivity contribution in [3.05, 3.63) is 75.8 Å². The summed E-state index contributed by atoms with van der Waals surface area (Å²) in [5.41, 5.74) is 3.32. The van der Waals surface area contributed by atoms with Gasteiger partial charge in [-0.2, -0.15) is 5.10 Å².